The Hall–Kier alpha value is -0.980. The highest BCUT2D eigenvalue weighted by atomic mass is 32.2. The molecule has 0 radical (unpaired) electrons. The highest BCUT2D eigenvalue weighted by Crippen LogP contribution is 2.11. The van der Waals surface area contributed by atoms with E-state index in [0.29, 0.717) is 0 Å². The maximum absolute atomic E-state index is 12.1. The third-order valence-corrected chi connectivity index (χ3v) is 4.55. The van der Waals surface area contributed by atoms with Gasteiger partial charge in [0.1, 0.15) is 0 Å². The van der Waals surface area contributed by atoms with Crippen LogP contribution in [0.3, 0.4) is 0 Å². The van der Waals surface area contributed by atoms with E-state index in [1.165, 1.54) is 4.31 Å². The Bertz CT molecular complexity index is 446. The fourth-order valence-electron chi connectivity index (χ4n) is 1.65. The SMILES string of the molecule is CC(C)CS(=O)(=O)N(CCO)Cc1cccnc1. The molecule has 6 heteroatoms. The Balaban J connectivity index is 2.83. The number of rotatable bonds is 7. The van der Waals surface area contributed by atoms with Gasteiger partial charge in [-0.15, -0.1) is 0 Å². The van der Waals surface area contributed by atoms with Gasteiger partial charge < -0.3 is 5.11 Å². The summed E-state index contributed by atoms with van der Waals surface area (Å²) in [6.07, 6.45) is 3.28. The standard InChI is InChI=1S/C12H20N2O3S/c1-11(2)10-18(16,17)14(6-7-15)9-12-4-3-5-13-8-12/h3-5,8,11,15H,6-7,9-10H2,1-2H3. The topological polar surface area (TPSA) is 70.5 Å². The molecule has 0 spiro atoms. The predicted octanol–water partition coefficient (Wildman–Crippen LogP) is 0.862. The molecule has 0 saturated carbocycles. The summed E-state index contributed by atoms with van der Waals surface area (Å²) in [7, 11) is -3.34. The lowest BCUT2D eigenvalue weighted by Crippen LogP contribution is -2.36. The molecular formula is C12H20N2O3S. The smallest absolute Gasteiger partial charge is 0.214 e. The molecular weight excluding hydrogens is 252 g/mol. The van der Waals surface area contributed by atoms with Crippen molar-refractivity contribution in [1.82, 2.24) is 9.29 Å². The molecule has 0 saturated heterocycles. The van der Waals surface area contributed by atoms with Crippen LogP contribution >= 0.6 is 0 Å². The Morgan fingerprint density at radius 3 is 2.67 bits per heavy atom. The third kappa shape index (κ3) is 4.72. The largest absolute Gasteiger partial charge is 0.395 e. The van der Waals surface area contributed by atoms with Crippen molar-refractivity contribution >= 4 is 10.0 Å². The average Bonchev–Trinajstić information content (AvgIpc) is 2.28. The second-order valence-corrected chi connectivity index (χ2v) is 6.60. The van der Waals surface area contributed by atoms with Crippen LogP contribution in [0.1, 0.15) is 19.4 Å². The monoisotopic (exact) mass is 272 g/mol. The van der Waals surface area contributed by atoms with Crippen molar-refractivity contribution in [1.29, 1.82) is 0 Å². The van der Waals surface area contributed by atoms with Crippen LogP contribution in [-0.4, -0.2) is 41.7 Å². The summed E-state index contributed by atoms with van der Waals surface area (Å²) in [5, 5.41) is 8.99. The van der Waals surface area contributed by atoms with Gasteiger partial charge in [0.25, 0.3) is 0 Å². The maximum Gasteiger partial charge on any atom is 0.214 e. The Morgan fingerprint density at radius 1 is 1.44 bits per heavy atom. The number of pyridine rings is 1. The second-order valence-electron chi connectivity index (χ2n) is 4.59. The number of sulfonamides is 1. The zero-order chi connectivity index (χ0) is 13.6. The Kier molecular flexibility index (Phi) is 5.71. The molecule has 1 aromatic heterocycles. The van der Waals surface area contributed by atoms with Crippen LogP contribution in [0.5, 0.6) is 0 Å². The highest BCUT2D eigenvalue weighted by molar-refractivity contribution is 7.89. The van der Waals surface area contributed by atoms with E-state index in [9.17, 15) is 8.42 Å². The molecule has 5 nitrogen and oxygen atoms in total. The molecule has 0 unspecified atom stereocenters. The summed E-state index contributed by atoms with van der Waals surface area (Å²) < 4.78 is 25.6. The molecule has 18 heavy (non-hydrogen) atoms. The predicted molar refractivity (Wildman–Crippen MR) is 70.4 cm³/mol. The average molecular weight is 272 g/mol. The molecule has 1 rings (SSSR count). The van der Waals surface area contributed by atoms with Gasteiger partial charge in [-0.05, 0) is 17.5 Å². The lowest BCUT2D eigenvalue weighted by Gasteiger charge is -2.22. The van der Waals surface area contributed by atoms with Crippen molar-refractivity contribution in [2.75, 3.05) is 18.9 Å². The van der Waals surface area contributed by atoms with Crippen LogP contribution in [0.15, 0.2) is 24.5 Å². The van der Waals surface area contributed by atoms with E-state index in [1.54, 1.807) is 18.5 Å². The van der Waals surface area contributed by atoms with Gasteiger partial charge in [-0.1, -0.05) is 19.9 Å². The molecule has 1 aromatic rings. The fraction of sp³-hybridized carbons (Fsp3) is 0.583. The minimum atomic E-state index is -3.34. The number of aliphatic hydroxyl groups is 1. The van der Waals surface area contributed by atoms with Crippen molar-refractivity contribution in [3.05, 3.63) is 30.1 Å². The molecule has 0 aromatic carbocycles. The molecule has 0 aliphatic heterocycles. The van der Waals surface area contributed by atoms with Gasteiger partial charge >= 0.3 is 0 Å². The minimum Gasteiger partial charge on any atom is -0.395 e. The van der Waals surface area contributed by atoms with Crippen LogP contribution in [0, 0.1) is 5.92 Å². The van der Waals surface area contributed by atoms with Gasteiger partial charge in [0.05, 0.1) is 12.4 Å². The van der Waals surface area contributed by atoms with Crippen molar-refractivity contribution in [3.63, 3.8) is 0 Å². The van der Waals surface area contributed by atoms with Crippen molar-refractivity contribution in [2.45, 2.75) is 20.4 Å². The normalized spacial score (nSPS) is 12.3. The molecule has 0 aliphatic rings. The van der Waals surface area contributed by atoms with Crippen LogP contribution in [0.4, 0.5) is 0 Å². The van der Waals surface area contributed by atoms with Gasteiger partial charge in [0.15, 0.2) is 0 Å². The summed E-state index contributed by atoms with van der Waals surface area (Å²) in [6, 6.07) is 3.59. The van der Waals surface area contributed by atoms with E-state index >= 15 is 0 Å². The van der Waals surface area contributed by atoms with Crippen LogP contribution in [0.2, 0.25) is 0 Å². The molecule has 0 amide bonds. The number of hydrogen-bond donors (Lipinski definition) is 1. The van der Waals surface area contributed by atoms with Gasteiger partial charge in [-0.2, -0.15) is 4.31 Å². The lowest BCUT2D eigenvalue weighted by atomic mass is 10.3. The van der Waals surface area contributed by atoms with Crippen LogP contribution in [0.25, 0.3) is 0 Å². The zero-order valence-electron chi connectivity index (χ0n) is 10.8. The summed E-state index contributed by atoms with van der Waals surface area (Å²) in [5.41, 5.74) is 0.818. The first-order valence-electron chi connectivity index (χ1n) is 5.93. The molecule has 1 N–H and O–H groups in total. The van der Waals surface area contributed by atoms with E-state index in [2.05, 4.69) is 4.98 Å². The first-order chi connectivity index (χ1) is 8.45. The van der Waals surface area contributed by atoms with Gasteiger partial charge in [0.2, 0.25) is 10.0 Å². The first kappa shape index (κ1) is 15.1. The number of nitrogens with zero attached hydrogens (tertiary/aromatic N) is 2. The zero-order valence-corrected chi connectivity index (χ0v) is 11.6. The van der Waals surface area contributed by atoms with Crippen molar-refractivity contribution in [3.8, 4) is 0 Å². The molecule has 0 atom stereocenters. The fourth-order valence-corrected chi connectivity index (χ4v) is 3.41. The number of aliphatic hydroxyl groups excluding tert-OH is 1. The van der Waals surface area contributed by atoms with Crippen molar-refractivity contribution in [2.24, 2.45) is 5.92 Å². The van der Waals surface area contributed by atoms with Crippen molar-refractivity contribution < 1.29 is 13.5 Å². The van der Waals surface area contributed by atoms with E-state index < -0.39 is 10.0 Å². The molecule has 102 valence electrons. The molecule has 1 heterocycles. The van der Waals surface area contributed by atoms with Gasteiger partial charge in [-0.3, -0.25) is 4.98 Å². The van der Waals surface area contributed by atoms with E-state index in [4.69, 9.17) is 5.11 Å². The van der Waals surface area contributed by atoms with Gasteiger partial charge in [0, 0.05) is 25.5 Å². The van der Waals surface area contributed by atoms with Gasteiger partial charge in [-0.25, -0.2) is 8.42 Å². The summed E-state index contributed by atoms with van der Waals surface area (Å²) in [4.78, 5) is 3.96. The highest BCUT2D eigenvalue weighted by Gasteiger charge is 2.22. The quantitative estimate of drug-likeness (QED) is 0.799. The summed E-state index contributed by atoms with van der Waals surface area (Å²) in [6.45, 7) is 3.91. The van der Waals surface area contributed by atoms with Crippen LogP contribution < -0.4 is 0 Å². The van der Waals surface area contributed by atoms with E-state index in [0.717, 1.165) is 5.56 Å². The minimum absolute atomic E-state index is 0.0603. The molecule has 0 aliphatic carbocycles. The molecule has 0 bridgehead atoms. The third-order valence-electron chi connectivity index (χ3n) is 2.37. The van der Waals surface area contributed by atoms with Crippen LogP contribution in [-0.2, 0) is 16.6 Å². The number of hydrogen-bond acceptors (Lipinski definition) is 4. The lowest BCUT2D eigenvalue weighted by molar-refractivity contribution is 0.250. The summed E-state index contributed by atoms with van der Waals surface area (Å²) >= 11 is 0. The maximum atomic E-state index is 12.1. The molecule has 0 fully saturated rings. The Labute approximate surface area is 109 Å². The number of aromatic nitrogens is 1. The van der Waals surface area contributed by atoms with E-state index in [-0.39, 0.29) is 31.4 Å². The first-order valence-corrected chi connectivity index (χ1v) is 7.54. The Morgan fingerprint density at radius 2 is 2.17 bits per heavy atom. The second kappa shape index (κ2) is 6.82. The summed E-state index contributed by atoms with van der Waals surface area (Å²) in [5.74, 6) is 0.151. The van der Waals surface area contributed by atoms with E-state index in [1.807, 2.05) is 19.9 Å².